The molecule has 0 spiro atoms. The van der Waals surface area contributed by atoms with Crippen LogP contribution in [0.1, 0.15) is 37.0 Å². The number of nitrogens with two attached hydrogens (primary N) is 1. The van der Waals surface area contributed by atoms with Crippen molar-refractivity contribution in [2.75, 3.05) is 53.3 Å². The van der Waals surface area contributed by atoms with E-state index in [0.717, 1.165) is 11.3 Å². The van der Waals surface area contributed by atoms with Gasteiger partial charge in [-0.25, -0.2) is 0 Å². The maximum Gasteiger partial charge on any atom is 0.255 e. The van der Waals surface area contributed by atoms with Crippen LogP contribution in [-0.4, -0.2) is 114 Å². The number of primary amides is 1. The summed E-state index contributed by atoms with van der Waals surface area (Å²) in [7, 11) is 8.80. The molecule has 0 aromatic heterocycles. The normalized spacial score (nSPS) is 25.7. The number of fused-ring (bicyclic) bond motifs is 3. The predicted molar refractivity (Wildman–Crippen MR) is 156 cm³/mol. The van der Waals surface area contributed by atoms with Gasteiger partial charge in [-0.05, 0) is 70.9 Å². The number of aromatic hydroxyl groups is 1. The number of rotatable bonds is 9. The van der Waals surface area contributed by atoms with Crippen molar-refractivity contribution in [1.29, 1.82) is 0 Å². The maximum absolute atomic E-state index is 14.0. The van der Waals surface area contributed by atoms with E-state index in [0.29, 0.717) is 25.3 Å². The molecule has 1 aromatic rings. The third-order valence-electron chi connectivity index (χ3n) is 8.58. The van der Waals surface area contributed by atoms with Crippen LogP contribution < -0.4 is 10.6 Å². The number of phenols is 1. The van der Waals surface area contributed by atoms with E-state index >= 15 is 0 Å². The van der Waals surface area contributed by atoms with Gasteiger partial charge in [0, 0.05) is 44.4 Å². The van der Waals surface area contributed by atoms with Crippen LogP contribution in [0.15, 0.2) is 23.0 Å². The van der Waals surface area contributed by atoms with Gasteiger partial charge in [-0.15, -0.1) is 0 Å². The highest BCUT2D eigenvalue weighted by Gasteiger charge is 2.64. The predicted octanol–water partition coefficient (Wildman–Crippen LogP) is 0.887. The summed E-state index contributed by atoms with van der Waals surface area (Å²) in [6.45, 7) is 5.60. The van der Waals surface area contributed by atoms with Crippen LogP contribution in [0.2, 0.25) is 0 Å². The molecule has 0 aliphatic heterocycles. The number of ketones is 2. The molecule has 12 nitrogen and oxygen atoms in total. The molecule has 1 amide bonds. The fourth-order valence-corrected chi connectivity index (χ4v) is 6.86. The number of amides is 1. The number of nitrogens with zero attached hydrogens (tertiary/aromatic N) is 3. The number of carbonyl (C=O) groups excluding carboxylic acids is 3. The Balaban J connectivity index is 1.85. The molecule has 0 radical (unpaired) electrons. The highest BCUT2D eigenvalue weighted by Crippen LogP contribution is 2.54. The number of benzene rings is 1. The van der Waals surface area contributed by atoms with Crippen LogP contribution in [0, 0.1) is 11.8 Å². The van der Waals surface area contributed by atoms with Gasteiger partial charge in [-0.3, -0.25) is 24.2 Å². The summed E-state index contributed by atoms with van der Waals surface area (Å²) in [6.07, 6.45) is 0.370. The monoisotopic (exact) mass is 586 g/mol. The van der Waals surface area contributed by atoms with Crippen LogP contribution in [0.3, 0.4) is 0 Å². The summed E-state index contributed by atoms with van der Waals surface area (Å²) in [4.78, 5) is 44.9. The number of aliphatic hydroxyl groups excluding tert-OH is 2. The Kier molecular flexibility index (Phi) is 8.49. The third-order valence-corrected chi connectivity index (χ3v) is 8.58. The van der Waals surface area contributed by atoms with Crippen molar-refractivity contribution in [2.24, 2.45) is 17.6 Å². The molecule has 0 heterocycles. The van der Waals surface area contributed by atoms with E-state index in [1.807, 2.05) is 39.9 Å². The molecular weight excluding hydrogens is 544 g/mol. The Morgan fingerprint density at radius 3 is 2.33 bits per heavy atom. The molecule has 1 fully saturated rings. The van der Waals surface area contributed by atoms with Gasteiger partial charge in [0.25, 0.3) is 5.91 Å². The van der Waals surface area contributed by atoms with Crippen molar-refractivity contribution in [3.8, 4) is 5.75 Å². The van der Waals surface area contributed by atoms with E-state index in [1.165, 1.54) is 4.90 Å². The molecule has 6 N–H and O–H groups in total. The summed E-state index contributed by atoms with van der Waals surface area (Å²) in [6, 6.07) is 0.428. The van der Waals surface area contributed by atoms with Crippen LogP contribution in [-0.2, 0) is 32.1 Å². The summed E-state index contributed by atoms with van der Waals surface area (Å²) >= 11 is 0. The second-order valence-electron chi connectivity index (χ2n) is 12.3. The summed E-state index contributed by atoms with van der Waals surface area (Å²) in [5.41, 5.74) is 4.02. The molecule has 0 saturated heterocycles. The number of aliphatic hydroxyl groups is 3. The van der Waals surface area contributed by atoms with E-state index in [4.69, 9.17) is 10.5 Å². The molecular formula is C30H42N4O8. The Morgan fingerprint density at radius 1 is 1.14 bits per heavy atom. The highest BCUT2D eigenvalue weighted by atomic mass is 16.5. The summed E-state index contributed by atoms with van der Waals surface area (Å²) in [5.74, 6) is -6.66. The average molecular weight is 587 g/mol. The molecule has 42 heavy (non-hydrogen) atoms. The molecule has 4 atom stereocenters. The lowest BCUT2D eigenvalue weighted by atomic mass is 9.57. The number of phenolic OH excluding ortho intramolecular Hbond substituents is 1. The van der Waals surface area contributed by atoms with Gasteiger partial charge in [0.05, 0.1) is 24.3 Å². The van der Waals surface area contributed by atoms with Crippen molar-refractivity contribution in [3.05, 3.63) is 39.7 Å². The van der Waals surface area contributed by atoms with Crippen molar-refractivity contribution >= 4 is 28.9 Å². The Labute approximate surface area is 245 Å². The highest BCUT2D eigenvalue weighted by molar-refractivity contribution is 6.24. The molecule has 1 saturated carbocycles. The number of carbonyl (C=O) groups is 3. The molecule has 1 aromatic carbocycles. The molecule has 4 rings (SSSR count). The lowest BCUT2D eigenvalue weighted by molar-refractivity contribution is -0.153. The van der Waals surface area contributed by atoms with Crippen molar-refractivity contribution in [3.63, 3.8) is 0 Å². The van der Waals surface area contributed by atoms with Crippen LogP contribution >= 0.6 is 0 Å². The van der Waals surface area contributed by atoms with Gasteiger partial charge in [0.2, 0.25) is 5.78 Å². The first kappa shape index (κ1) is 31.5. The van der Waals surface area contributed by atoms with Crippen LogP contribution in [0.5, 0.6) is 5.75 Å². The fraction of sp³-hybridized carbons (Fsp3) is 0.567. The van der Waals surface area contributed by atoms with Crippen LogP contribution in [0.25, 0.3) is 5.76 Å². The largest absolute Gasteiger partial charge is 0.508 e. The molecule has 3 aliphatic rings. The first-order chi connectivity index (χ1) is 19.5. The maximum atomic E-state index is 14.0. The number of likely N-dealkylation sites (N-methyl/N-ethyl adjacent to an activating group) is 2. The number of hydrogen-bond acceptors (Lipinski definition) is 11. The second-order valence-corrected chi connectivity index (χ2v) is 12.3. The summed E-state index contributed by atoms with van der Waals surface area (Å²) < 4.78 is 5.67. The first-order valence-corrected chi connectivity index (χ1v) is 14.0. The van der Waals surface area contributed by atoms with E-state index in [9.17, 15) is 34.8 Å². The Morgan fingerprint density at radius 2 is 1.79 bits per heavy atom. The minimum absolute atomic E-state index is 0.0378. The molecule has 0 unspecified atom stereocenters. The van der Waals surface area contributed by atoms with E-state index in [2.05, 4.69) is 4.90 Å². The number of anilines is 1. The van der Waals surface area contributed by atoms with Gasteiger partial charge < -0.3 is 35.8 Å². The van der Waals surface area contributed by atoms with Gasteiger partial charge in [-0.2, -0.15) is 0 Å². The Hall–Kier alpha value is -3.45. The molecule has 230 valence electrons. The van der Waals surface area contributed by atoms with Gasteiger partial charge in [0.1, 0.15) is 22.8 Å². The van der Waals surface area contributed by atoms with Crippen molar-refractivity contribution in [2.45, 2.75) is 51.0 Å². The lowest BCUT2D eigenvalue weighted by Crippen LogP contribution is -2.65. The number of Topliss-reactive ketones (excluding diaryl/α,β-unsaturated/α-hetero) is 2. The zero-order chi connectivity index (χ0) is 31.4. The SMILES string of the molecule is CC(C)OCCN(C)Cc1cc(O)c2c(c1N(C)C)C[C@H]1C[C@H]3[C@H](N(C)C)C(=O)C(C(N)=O)=C(O)[C@@]3(O)C(=O)C1=C2O. The lowest BCUT2D eigenvalue weighted by Gasteiger charge is -2.50. The zero-order valence-corrected chi connectivity index (χ0v) is 25.3. The standard InChI is InChI=1S/C30H42N4O8/c1-14(2)42-9-8-34(7)13-16-12-19(35)21-17(23(16)32(3)4)10-15-11-18-24(33(5)6)26(37)22(29(31)40)28(39)30(18,41)27(38)20(15)25(21)36/h12,14-15,18,24,35-36,39,41H,8-11,13H2,1-7H3,(H2,31,40)/t15-,18-,24-,30-/m0/s1. The van der Waals surface area contributed by atoms with Gasteiger partial charge in [0.15, 0.2) is 11.4 Å². The fourth-order valence-electron chi connectivity index (χ4n) is 6.86. The topological polar surface area (TPSA) is 177 Å². The van der Waals surface area contributed by atoms with E-state index in [1.54, 1.807) is 20.2 Å². The van der Waals surface area contributed by atoms with E-state index in [-0.39, 0.29) is 35.8 Å². The minimum Gasteiger partial charge on any atom is -0.508 e. The smallest absolute Gasteiger partial charge is 0.255 e. The molecule has 12 heteroatoms. The van der Waals surface area contributed by atoms with Crippen molar-refractivity contribution < 1.29 is 39.5 Å². The zero-order valence-electron chi connectivity index (χ0n) is 25.3. The van der Waals surface area contributed by atoms with Crippen molar-refractivity contribution in [1.82, 2.24) is 9.80 Å². The second kappa shape index (κ2) is 11.3. The molecule has 3 aliphatic carbocycles. The minimum atomic E-state index is -2.66. The van der Waals surface area contributed by atoms with Crippen LogP contribution in [0.4, 0.5) is 5.69 Å². The molecule has 0 bridgehead atoms. The third kappa shape index (κ3) is 4.96. The quantitative estimate of drug-likeness (QED) is 0.260. The average Bonchev–Trinajstić information content (AvgIpc) is 2.85. The van der Waals surface area contributed by atoms with E-state index < -0.39 is 58.0 Å². The number of ether oxygens (including phenoxy) is 1. The number of hydrogen-bond donors (Lipinski definition) is 5. The summed E-state index contributed by atoms with van der Waals surface area (Å²) in [5, 5.41) is 45.4. The van der Waals surface area contributed by atoms with Gasteiger partial charge >= 0.3 is 0 Å². The Bertz CT molecular complexity index is 1380. The first-order valence-electron chi connectivity index (χ1n) is 14.0. The van der Waals surface area contributed by atoms with Gasteiger partial charge in [-0.1, -0.05) is 0 Å².